The maximum absolute atomic E-state index is 11.8. The number of nitrogens with zero attached hydrogens (tertiary/aromatic N) is 1. The number of nitrogens with one attached hydrogen (secondary N) is 2. The molecule has 0 saturated carbocycles. The van der Waals surface area contributed by atoms with Crippen LogP contribution in [0.2, 0.25) is 0 Å². The van der Waals surface area contributed by atoms with Crippen LogP contribution in [0.15, 0.2) is 32.8 Å². The Morgan fingerprint density at radius 3 is 2.96 bits per heavy atom. The number of benzene rings is 1. The van der Waals surface area contributed by atoms with Crippen LogP contribution in [0.5, 0.6) is 0 Å². The van der Waals surface area contributed by atoms with Crippen molar-refractivity contribution in [2.75, 3.05) is 17.3 Å². The van der Waals surface area contributed by atoms with E-state index in [1.165, 1.54) is 11.3 Å². The van der Waals surface area contributed by atoms with Crippen LogP contribution in [0, 0.1) is 0 Å². The van der Waals surface area contributed by atoms with Gasteiger partial charge in [0.25, 0.3) is 0 Å². The lowest BCUT2D eigenvalue weighted by atomic mass is 10.1. The van der Waals surface area contributed by atoms with Gasteiger partial charge in [0.2, 0.25) is 5.91 Å². The molecule has 2 heterocycles. The molecular formula is C15H15N3O5S2. The molecule has 0 aliphatic carbocycles. The number of sulfone groups is 1. The molecule has 2 N–H and O–H groups in total. The number of anilines is 1. The topological polar surface area (TPSA) is 122 Å². The van der Waals surface area contributed by atoms with Crippen molar-refractivity contribution in [3.8, 4) is 11.3 Å². The summed E-state index contributed by atoms with van der Waals surface area (Å²) in [5, 5.41) is 4.86. The summed E-state index contributed by atoms with van der Waals surface area (Å²) in [5.41, 5.74) is 2.43. The van der Waals surface area contributed by atoms with E-state index in [1.54, 1.807) is 23.6 Å². The van der Waals surface area contributed by atoms with Gasteiger partial charge >= 0.3 is 5.76 Å². The predicted molar refractivity (Wildman–Crippen MR) is 95.5 cm³/mol. The molecule has 3 rings (SSSR count). The summed E-state index contributed by atoms with van der Waals surface area (Å²) in [6, 6.07) is 5.21. The van der Waals surface area contributed by atoms with E-state index in [1.807, 2.05) is 0 Å². The Kier molecular flexibility index (Phi) is 4.73. The molecule has 0 aliphatic heterocycles. The number of carbonyl (C=O) groups excluding carboxylic acids is 1. The molecule has 0 radical (unpaired) electrons. The number of carbonyl (C=O) groups is 1. The van der Waals surface area contributed by atoms with Gasteiger partial charge in [-0.15, -0.1) is 11.3 Å². The quantitative estimate of drug-likeness (QED) is 0.673. The first-order chi connectivity index (χ1) is 11.8. The van der Waals surface area contributed by atoms with Gasteiger partial charge in [-0.05, 0) is 18.6 Å². The number of hydrogen-bond acceptors (Lipinski definition) is 7. The van der Waals surface area contributed by atoms with E-state index in [9.17, 15) is 18.0 Å². The molecule has 0 bridgehead atoms. The van der Waals surface area contributed by atoms with Gasteiger partial charge in [0.15, 0.2) is 10.7 Å². The van der Waals surface area contributed by atoms with E-state index >= 15 is 0 Å². The van der Waals surface area contributed by atoms with Gasteiger partial charge in [-0.1, -0.05) is 6.07 Å². The predicted octanol–water partition coefficient (Wildman–Crippen LogP) is 2.01. The fourth-order valence-corrected chi connectivity index (χ4v) is 3.65. The Bertz CT molecular complexity index is 1080. The molecule has 8 nitrogen and oxygen atoms in total. The maximum Gasteiger partial charge on any atom is 0.417 e. The average Bonchev–Trinajstić information content (AvgIpc) is 3.10. The summed E-state index contributed by atoms with van der Waals surface area (Å²) < 4.78 is 27.1. The van der Waals surface area contributed by atoms with E-state index in [2.05, 4.69) is 15.3 Å². The van der Waals surface area contributed by atoms with Gasteiger partial charge in [0, 0.05) is 23.6 Å². The van der Waals surface area contributed by atoms with E-state index in [4.69, 9.17) is 4.42 Å². The molecule has 0 unspecified atom stereocenters. The zero-order valence-electron chi connectivity index (χ0n) is 13.2. The smallest absolute Gasteiger partial charge is 0.408 e. The van der Waals surface area contributed by atoms with Crippen LogP contribution in [-0.4, -0.2) is 36.3 Å². The van der Waals surface area contributed by atoms with Gasteiger partial charge in [-0.25, -0.2) is 18.2 Å². The molecule has 0 aliphatic rings. The first-order valence-electron chi connectivity index (χ1n) is 7.36. The maximum atomic E-state index is 11.8. The Hall–Kier alpha value is -2.46. The first-order valence-corrected chi connectivity index (χ1v) is 10.3. The molecule has 3 aromatic rings. The van der Waals surface area contributed by atoms with Crippen molar-refractivity contribution in [1.29, 1.82) is 0 Å². The third-order valence-electron chi connectivity index (χ3n) is 3.39. The van der Waals surface area contributed by atoms with Crippen molar-refractivity contribution in [1.82, 2.24) is 9.97 Å². The number of fused-ring (bicyclic) bond motifs is 1. The van der Waals surface area contributed by atoms with Crippen molar-refractivity contribution in [3.63, 3.8) is 0 Å². The lowest BCUT2D eigenvalue weighted by molar-refractivity contribution is -0.116. The van der Waals surface area contributed by atoms with Gasteiger partial charge in [-0.3, -0.25) is 9.78 Å². The van der Waals surface area contributed by atoms with Crippen molar-refractivity contribution in [3.05, 3.63) is 34.1 Å². The van der Waals surface area contributed by atoms with Crippen molar-refractivity contribution >= 4 is 43.3 Å². The summed E-state index contributed by atoms with van der Waals surface area (Å²) in [6.07, 6.45) is 1.52. The summed E-state index contributed by atoms with van der Waals surface area (Å²) >= 11 is 1.26. The van der Waals surface area contributed by atoms with Gasteiger partial charge < -0.3 is 9.73 Å². The molecule has 25 heavy (non-hydrogen) atoms. The number of oxazole rings is 1. The van der Waals surface area contributed by atoms with Gasteiger partial charge in [0.1, 0.15) is 9.84 Å². The number of thiazole rings is 1. The molecule has 10 heteroatoms. The van der Waals surface area contributed by atoms with Crippen molar-refractivity contribution in [2.45, 2.75) is 12.8 Å². The standard InChI is InChI=1S/C15H15N3O5S2/c1-25(21,22)6-2-3-13(19)18-14-16-11(8-24-14)9-4-5-10-12(7-9)23-15(20)17-10/h4-5,7-8H,2-3,6H2,1H3,(H,17,20)(H,16,18,19). The first kappa shape index (κ1) is 17.4. The monoisotopic (exact) mass is 381 g/mol. The van der Waals surface area contributed by atoms with Crippen molar-refractivity contribution < 1.29 is 17.6 Å². The van der Waals surface area contributed by atoms with Crippen LogP contribution >= 0.6 is 11.3 Å². The highest BCUT2D eigenvalue weighted by molar-refractivity contribution is 7.90. The average molecular weight is 381 g/mol. The van der Waals surface area contributed by atoms with E-state index in [-0.39, 0.29) is 24.5 Å². The molecular weight excluding hydrogens is 366 g/mol. The Labute approximate surface area is 146 Å². The highest BCUT2D eigenvalue weighted by atomic mass is 32.2. The summed E-state index contributed by atoms with van der Waals surface area (Å²) in [7, 11) is -3.07. The second-order valence-corrected chi connectivity index (χ2v) is 8.66. The number of aromatic amines is 1. The number of H-pyrrole nitrogens is 1. The van der Waals surface area contributed by atoms with E-state index in [0.717, 1.165) is 11.8 Å². The summed E-state index contributed by atoms with van der Waals surface area (Å²) in [5.74, 6) is -0.824. The lowest BCUT2D eigenvalue weighted by Crippen LogP contribution is -2.13. The number of aromatic nitrogens is 2. The molecule has 1 aromatic carbocycles. The number of hydrogen-bond donors (Lipinski definition) is 2. The number of rotatable bonds is 6. The fourth-order valence-electron chi connectivity index (χ4n) is 2.25. The van der Waals surface area contributed by atoms with Crippen LogP contribution in [-0.2, 0) is 14.6 Å². The van der Waals surface area contributed by atoms with Crippen LogP contribution in [0.1, 0.15) is 12.8 Å². The van der Waals surface area contributed by atoms with Crippen LogP contribution in [0.25, 0.3) is 22.4 Å². The minimum atomic E-state index is -3.07. The van der Waals surface area contributed by atoms with Gasteiger partial charge in [0.05, 0.1) is 17.0 Å². The highest BCUT2D eigenvalue weighted by Crippen LogP contribution is 2.27. The molecule has 132 valence electrons. The van der Waals surface area contributed by atoms with E-state index < -0.39 is 15.6 Å². The summed E-state index contributed by atoms with van der Waals surface area (Å²) in [6.45, 7) is 0. The zero-order valence-corrected chi connectivity index (χ0v) is 14.9. The third-order valence-corrected chi connectivity index (χ3v) is 5.17. The molecule has 0 fully saturated rings. The Morgan fingerprint density at radius 1 is 1.40 bits per heavy atom. The number of amides is 1. The second-order valence-electron chi connectivity index (χ2n) is 5.54. The van der Waals surface area contributed by atoms with Gasteiger partial charge in [-0.2, -0.15) is 0 Å². The molecule has 2 aromatic heterocycles. The minimum absolute atomic E-state index is 0.0224. The van der Waals surface area contributed by atoms with Crippen LogP contribution in [0.4, 0.5) is 5.13 Å². The largest absolute Gasteiger partial charge is 0.417 e. The molecule has 0 saturated heterocycles. The van der Waals surface area contributed by atoms with Crippen LogP contribution < -0.4 is 11.1 Å². The fraction of sp³-hybridized carbons (Fsp3) is 0.267. The van der Waals surface area contributed by atoms with E-state index in [0.29, 0.717) is 21.9 Å². The SMILES string of the molecule is CS(=O)(=O)CCCC(=O)Nc1nc(-c2ccc3[nH]c(=O)oc3c2)cs1. The summed E-state index contributed by atoms with van der Waals surface area (Å²) in [4.78, 5) is 29.9. The third kappa shape index (κ3) is 4.54. The lowest BCUT2D eigenvalue weighted by Gasteiger charge is -2.01. The minimum Gasteiger partial charge on any atom is -0.408 e. The molecule has 1 amide bonds. The Morgan fingerprint density at radius 2 is 2.20 bits per heavy atom. The highest BCUT2D eigenvalue weighted by Gasteiger charge is 2.11. The van der Waals surface area contributed by atoms with Crippen LogP contribution in [0.3, 0.4) is 0 Å². The molecule has 0 atom stereocenters. The van der Waals surface area contributed by atoms with Crippen molar-refractivity contribution in [2.24, 2.45) is 0 Å². The Balaban J connectivity index is 1.67. The molecule has 0 spiro atoms. The second kappa shape index (κ2) is 6.81. The zero-order chi connectivity index (χ0) is 18.0. The normalized spacial score (nSPS) is 11.7.